The van der Waals surface area contributed by atoms with Crippen molar-refractivity contribution in [2.75, 3.05) is 29.1 Å². The van der Waals surface area contributed by atoms with Crippen molar-refractivity contribution in [2.24, 2.45) is 5.73 Å². The summed E-state index contributed by atoms with van der Waals surface area (Å²) in [5.74, 6) is -11.5. The second kappa shape index (κ2) is 28.5. The van der Waals surface area contributed by atoms with E-state index in [2.05, 4.69) is 57.2 Å². The minimum Gasteiger partial charge on any atom is -0.481 e. The second-order valence-electron chi connectivity index (χ2n) is 15.1. The lowest BCUT2D eigenvalue weighted by Gasteiger charge is -2.25. The molecule has 0 saturated heterocycles. The number of aromatic nitrogens is 4. The molecule has 17 N–H and O–H groups in total. The van der Waals surface area contributed by atoms with Crippen LogP contribution < -0.4 is 54.2 Å². The summed E-state index contributed by atoms with van der Waals surface area (Å²) in [5, 5.41) is 62.7. The van der Waals surface area contributed by atoms with Crippen LogP contribution in [0.3, 0.4) is 0 Å². The number of fused-ring (bicyclic) bond motifs is 1. The number of guanidine groups is 1. The first kappa shape index (κ1) is 56.6. The van der Waals surface area contributed by atoms with E-state index in [1.54, 1.807) is 0 Å². The lowest BCUT2D eigenvalue weighted by molar-refractivity contribution is -0.143. The van der Waals surface area contributed by atoms with Crippen molar-refractivity contribution in [1.29, 1.82) is 5.41 Å². The number of aliphatic carboxylic acids is 4. The molecular formula is C40H54N14O14S2. The highest BCUT2D eigenvalue weighted by atomic mass is 33.1. The Balaban J connectivity index is 1.66. The van der Waals surface area contributed by atoms with E-state index in [1.807, 2.05) is 6.92 Å². The highest BCUT2D eigenvalue weighted by molar-refractivity contribution is 8.76. The first-order chi connectivity index (χ1) is 33.2. The number of carbonyl (C=O) groups is 9. The number of anilines is 2. The molecule has 28 nitrogen and oxygen atoms in total. The van der Waals surface area contributed by atoms with Crippen molar-refractivity contribution in [3.8, 4) is 0 Å². The van der Waals surface area contributed by atoms with Gasteiger partial charge in [0.1, 0.15) is 30.2 Å². The van der Waals surface area contributed by atoms with E-state index in [4.69, 9.17) is 16.9 Å². The number of carbonyl (C=O) groups excluding carboxylic acids is 5. The largest absolute Gasteiger partial charge is 0.481 e. The van der Waals surface area contributed by atoms with Gasteiger partial charge in [0.25, 0.3) is 11.5 Å². The minimum atomic E-state index is -1.88. The van der Waals surface area contributed by atoms with Gasteiger partial charge in [-0.3, -0.25) is 48.7 Å². The van der Waals surface area contributed by atoms with Gasteiger partial charge in [-0.2, -0.15) is 4.98 Å². The molecule has 2 heterocycles. The average Bonchev–Trinajstić information content (AvgIpc) is 3.29. The summed E-state index contributed by atoms with van der Waals surface area (Å²) in [6, 6.07) is -2.74. The van der Waals surface area contributed by atoms with Crippen LogP contribution in [0.1, 0.15) is 74.3 Å². The number of aromatic amines is 1. The van der Waals surface area contributed by atoms with Crippen LogP contribution in [-0.4, -0.2) is 148 Å². The second-order valence-corrected chi connectivity index (χ2v) is 17.7. The Morgan fingerprint density at radius 2 is 1.36 bits per heavy atom. The quantitative estimate of drug-likeness (QED) is 0.0148. The van der Waals surface area contributed by atoms with Crippen molar-refractivity contribution in [3.63, 3.8) is 0 Å². The van der Waals surface area contributed by atoms with Gasteiger partial charge >= 0.3 is 23.9 Å². The number of H-pyrrole nitrogens is 1. The van der Waals surface area contributed by atoms with Gasteiger partial charge in [0, 0.05) is 35.7 Å². The molecule has 0 saturated carbocycles. The molecular weight excluding hydrogens is 965 g/mol. The van der Waals surface area contributed by atoms with Gasteiger partial charge in [-0.25, -0.2) is 19.6 Å². The molecule has 3 rings (SSSR count). The van der Waals surface area contributed by atoms with Crippen LogP contribution >= 0.6 is 21.6 Å². The number of hydrogen-bond acceptors (Lipinski definition) is 18. The van der Waals surface area contributed by atoms with Gasteiger partial charge in [-0.05, 0) is 49.9 Å². The van der Waals surface area contributed by atoms with Crippen LogP contribution in [0.5, 0.6) is 0 Å². The Hall–Kier alpha value is -7.76. The third-order valence-corrected chi connectivity index (χ3v) is 12.0. The molecule has 0 unspecified atom stereocenters. The van der Waals surface area contributed by atoms with Gasteiger partial charge in [-0.1, -0.05) is 34.9 Å². The maximum absolute atomic E-state index is 13.6. The summed E-state index contributed by atoms with van der Waals surface area (Å²) in [6.45, 7) is 2.06. The Labute approximate surface area is 405 Å². The zero-order chi connectivity index (χ0) is 51.9. The summed E-state index contributed by atoms with van der Waals surface area (Å²) in [7, 11) is 2.54. The lowest BCUT2D eigenvalue weighted by atomic mass is 10.1. The van der Waals surface area contributed by atoms with E-state index >= 15 is 0 Å². The normalized spacial score (nSPS) is 13.0. The molecule has 0 radical (unpaired) electrons. The van der Waals surface area contributed by atoms with E-state index in [0.29, 0.717) is 17.1 Å². The molecule has 0 fully saturated rings. The molecule has 0 bridgehead atoms. The van der Waals surface area contributed by atoms with Gasteiger partial charge in [0.15, 0.2) is 17.1 Å². The molecule has 0 aliphatic heterocycles. The molecule has 0 aliphatic carbocycles. The number of nitrogens with zero attached hydrogens (tertiary/aromatic N) is 3. The van der Waals surface area contributed by atoms with Crippen LogP contribution in [0.2, 0.25) is 0 Å². The van der Waals surface area contributed by atoms with Crippen LogP contribution in [0.4, 0.5) is 11.6 Å². The molecule has 3 aromatic rings. The van der Waals surface area contributed by atoms with Crippen LogP contribution in [-0.2, 0) is 44.9 Å². The van der Waals surface area contributed by atoms with Crippen molar-refractivity contribution < 1.29 is 63.6 Å². The number of nitrogens with two attached hydrogens (primary N) is 2. The summed E-state index contributed by atoms with van der Waals surface area (Å²) in [4.78, 5) is 141. The van der Waals surface area contributed by atoms with E-state index in [0.717, 1.165) is 12.8 Å². The number of carboxylic acids is 4. The van der Waals surface area contributed by atoms with Gasteiger partial charge in [0.2, 0.25) is 29.6 Å². The predicted octanol–water partition coefficient (Wildman–Crippen LogP) is -1.71. The van der Waals surface area contributed by atoms with Crippen LogP contribution in [0.25, 0.3) is 11.2 Å². The monoisotopic (exact) mass is 1020 g/mol. The SMILES string of the molecule is CCCCSSC[C@H](NC(=O)[C@H](CC(=O)O)NC(=O)[C@H](CCCNC(=N)N)NC(=O)[C@H](CC(=O)O)NC(=O)CC[C@H](NC(=O)c1ccc(NCc2cnc3nc(N)[nH]c(=O)c3n2)cc1)C(=O)O)C(=O)O. The molecule has 0 aliphatic rings. The van der Waals surface area contributed by atoms with E-state index in [9.17, 15) is 68.4 Å². The number of nitrogen functional groups attached to an aromatic ring is 1. The first-order valence-electron chi connectivity index (χ1n) is 21.2. The Morgan fingerprint density at radius 3 is 1.96 bits per heavy atom. The summed E-state index contributed by atoms with van der Waals surface area (Å²) in [5.41, 5.74) is 11.2. The van der Waals surface area contributed by atoms with Gasteiger partial charge in [0.05, 0.1) is 31.3 Å². The van der Waals surface area contributed by atoms with E-state index < -0.39 is 121 Å². The lowest BCUT2D eigenvalue weighted by Crippen LogP contribution is -2.58. The summed E-state index contributed by atoms with van der Waals surface area (Å²) >= 11 is 0. The number of hydrogen-bond donors (Lipinski definition) is 15. The average molecular weight is 1020 g/mol. The third-order valence-electron chi connectivity index (χ3n) is 9.54. The molecule has 30 heteroatoms. The fourth-order valence-corrected chi connectivity index (χ4v) is 8.35. The Bertz CT molecular complexity index is 2450. The van der Waals surface area contributed by atoms with Crippen molar-refractivity contribution in [3.05, 3.63) is 52.1 Å². The molecule has 5 amide bonds. The highest BCUT2D eigenvalue weighted by Gasteiger charge is 2.33. The van der Waals surface area contributed by atoms with E-state index in [1.165, 1.54) is 52.1 Å². The Morgan fingerprint density at radius 1 is 0.757 bits per heavy atom. The first-order valence-corrected chi connectivity index (χ1v) is 23.7. The number of benzene rings is 1. The maximum Gasteiger partial charge on any atom is 0.327 e. The minimum absolute atomic E-state index is 0.00193. The number of rotatable bonds is 31. The predicted molar refractivity (Wildman–Crippen MR) is 253 cm³/mol. The molecule has 380 valence electrons. The van der Waals surface area contributed by atoms with Crippen molar-refractivity contribution >= 4 is 104 Å². The topological polar surface area (TPSA) is 466 Å². The number of unbranched alkanes of at least 4 members (excludes halogenated alkanes) is 1. The molecule has 5 atom stereocenters. The van der Waals surface area contributed by atoms with Crippen molar-refractivity contribution in [2.45, 2.75) is 95.0 Å². The fraction of sp³-hybridized carbons (Fsp3) is 0.450. The smallest absolute Gasteiger partial charge is 0.327 e. The van der Waals surface area contributed by atoms with Crippen LogP contribution in [0.15, 0.2) is 35.3 Å². The Kier molecular flexibility index (Phi) is 23.1. The van der Waals surface area contributed by atoms with Crippen LogP contribution in [0, 0.1) is 5.41 Å². The summed E-state index contributed by atoms with van der Waals surface area (Å²) < 4.78 is 0. The maximum atomic E-state index is 13.6. The van der Waals surface area contributed by atoms with Gasteiger partial charge in [-0.15, -0.1) is 0 Å². The molecule has 70 heavy (non-hydrogen) atoms. The fourth-order valence-electron chi connectivity index (χ4n) is 5.96. The molecule has 0 spiro atoms. The van der Waals surface area contributed by atoms with Gasteiger partial charge < -0.3 is 69.1 Å². The summed E-state index contributed by atoms with van der Waals surface area (Å²) in [6.07, 6.45) is -0.377. The number of carboxylic acid groups (broad SMARTS) is 4. The zero-order valence-corrected chi connectivity index (χ0v) is 39.1. The zero-order valence-electron chi connectivity index (χ0n) is 37.4. The highest BCUT2D eigenvalue weighted by Crippen LogP contribution is 2.23. The van der Waals surface area contributed by atoms with Crippen molar-refractivity contribution in [1.82, 2.24) is 51.8 Å². The molecule has 1 aromatic carbocycles. The number of nitrogens with one attached hydrogen (secondary N) is 9. The van der Waals surface area contributed by atoms with E-state index in [-0.39, 0.29) is 54.4 Å². The molecule has 2 aromatic heterocycles. The third kappa shape index (κ3) is 19.8. The standard InChI is InChI=1S/C40H54N14O14S2/c1-2-3-13-69-70-18-26(38(67)68)52-35(63)25(15-29(58)59)51-33(61)22(5-4-12-44-39(41)42)49-34(62)24(14-28(56)57)48-27(55)11-10-23(37(65)66)50-32(60)19-6-8-20(9-7-19)45-16-21-17-46-31-30(47-21)36(64)54-40(43)53-31/h6-9,17,22-26,45H,2-5,10-16,18H2,1H3,(H,48,55)(H,49,62)(H,50,60)(H,51,61)(H,52,63)(H,56,57)(H,58,59)(H,65,66)(H,67,68)(H4,41,42,44)(H3,43,46,53,54,64)/t22-,23-,24-,25-,26-/m0/s1. The number of amides is 5.